The molecule has 1 saturated heterocycles. The van der Waals surface area contributed by atoms with Crippen molar-refractivity contribution in [3.05, 3.63) is 87.2 Å². The highest BCUT2D eigenvalue weighted by atomic mass is 35.5. The number of halogens is 1. The number of benzene rings is 2. The lowest BCUT2D eigenvalue weighted by Gasteiger charge is -2.26. The van der Waals surface area contributed by atoms with Gasteiger partial charge in [0, 0.05) is 16.4 Å². The molecule has 0 spiro atoms. The zero-order valence-electron chi connectivity index (χ0n) is 19.5. The Morgan fingerprint density at radius 3 is 2.43 bits per heavy atom. The standard InChI is InChI=1S/C26H22ClN3O5/c1-14-9-10-18(13-21(14)27)30-24(32)20(23(31)28-26(30)34)12-17-11-15(2)29(16(17)3)22-8-6-5-7-19(22)25(33)35-4/h5-13H,1-4H3,(H,28,31,34). The second-order valence-electron chi connectivity index (χ2n) is 8.06. The molecule has 1 aromatic heterocycles. The number of barbiturate groups is 1. The van der Waals surface area contributed by atoms with Gasteiger partial charge in [-0.3, -0.25) is 14.9 Å². The molecule has 2 heterocycles. The molecule has 0 radical (unpaired) electrons. The fourth-order valence-electron chi connectivity index (χ4n) is 4.02. The van der Waals surface area contributed by atoms with Gasteiger partial charge >= 0.3 is 12.0 Å². The number of carbonyl (C=O) groups is 4. The molecule has 35 heavy (non-hydrogen) atoms. The van der Waals surface area contributed by atoms with E-state index in [2.05, 4.69) is 5.32 Å². The summed E-state index contributed by atoms with van der Waals surface area (Å²) in [5.74, 6) is -2.05. The van der Waals surface area contributed by atoms with Gasteiger partial charge in [-0.25, -0.2) is 14.5 Å². The first-order valence-electron chi connectivity index (χ1n) is 10.7. The van der Waals surface area contributed by atoms with Crippen LogP contribution in [-0.2, 0) is 14.3 Å². The minimum absolute atomic E-state index is 0.206. The predicted molar refractivity (Wildman–Crippen MR) is 132 cm³/mol. The van der Waals surface area contributed by atoms with Crippen LogP contribution in [0.25, 0.3) is 11.8 Å². The molecule has 1 aliphatic heterocycles. The van der Waals surface area contributed by atoms with Gasteiger partial charge in [0.1, 0.15) is 5.57 Å². The van der Waals surface area contributed by atoms with Gasteiger partial charge in [-0.15, -0.1) is 0 Å². The Bertz CT molecular complexity index is 1440. The molecule has 0 aliphatic carbocycles. The van der Waals surface area contributed by atoms with Crippen molar-refractivity contribution in [2.24, 2.45) is 0 Å². The van der Waals surface area contributed by atoms with Crippen LogP contribution in [0.2, 0.25) is 5.02 Å². The summed E-state index contributed by atoms with van der Waals surface area (Å²) in [4.78, 5) is 51.6. The number of nitrogens with one attached hydrogen (secondary N) is 1. The van der Waals surface area contributed by atoms with Crippen molar-refractivity contribution in [1.82, 2.24) is 9.88 Å². The number of imide groups is 2. The van der Waals surface area contributed by atoms with E-state index in [1.54, 1.807) is 56.3 Å². The van der Waals surface area contributed by atoms with Crippen molar-refractivity contribution in [3.63, 3.8) is 0 Å². The molecule has 0 atom stereocenters. The van der Waals surface area contributed by atoms with E-state index in [4.69, 9.17) is 16.3 Å². The van der Waals surface area contributed by atoms with E-state index in [-0.39, 0.29) is 11.3 Å². The number of amides is 4. The third kappa shape index (κ3) is 4.24. The van der Waals surface area contributed by atoms with Gasteiger partial charge < -0.3 is 9.30 Å². The van der Waals surface area contributed by atoms with Crippen LogP contribution in [0.4, 0.5) is 10.5 Å². The number of aromatic nitrogens is 1. The molecule has 4 amide bonds. The van der Waals surface area contributed by atoms with E-state index in [1.165, 1.54) is 19.3 Å². The van der Waals surface area contributed by atoms with Crippen LogP contribution in [0, 0.1) is 20.8 Å². The predicted octanol–water partition coefficient (Wildman–Crippen LogP) is 4.51. The van der Waals surface area contributed by atoms with Crippen molar-refractivity contribution in [1.29, 1.82) is 0 Å². The van der Waals surface area contributed by atoms with Gasteiger partial charge in [0.2, 0.25) is 0 Å². The van der Waals surface area contributed by atoms with Crippen LogP contribution in [0.15, 0.2) is 54.1 Å². The normalized spacial score (nSPS) is 14.9. The number of urea groups is 1. The summed E-state index contributed by atoms with van der Waals surface area (Å²) >= 11 is 6.18. The molecule has 0 bridgehead atoms. The third-order valence-electron chi connectivity index (χ3n) is 5.84. The van der Waals surface area contributed by atoms with Crippen molar-refractivity contribution < 1.29 is 23.9 Å². The largest absolute Gasteiger partial charge is 0.465 e. The number of carbonyl (C=O) groups excluding carboxylic acids is 4. The van der Waals surface area contributed by atoms with Crippen LogP contribution in [0.5, 0.6) is 0 Å². The van der Waals surface area contributed by atoms with E-state index in [1.807, 2.05) is 11.5 Å². The summed E-state index contributed by atoms with van der Waals surface area (Å²) < 4.78 is 6.75. The van der Waals surface area contributed by atoms with Crippen LogP contribution >= 0.6 is 11.6 Å². The number of hydrogen-bond donors (Lipinski definition) is 1. The molecule has 1 aliphatic rings. The topological polar surface area (TPSA) is 97.7 Å². The van der Waals surface area contributed by atoms with Gasteiger partial charge in [-0.2, -0.15) is 0 Å². The zero-order chi connectivity index (χ0) is 25.4. The molecule has 178 valence electrons. The first-order chi connectivity index (χ1) is 16.6. The number of esters is 1. The average Bonchev–Trinajstić information content (AvgIpc) is 3.10. The molecule has 0 saturated carbocycles. The fraction of sp³-hybridized carbons (Fsp3) is 0.154. The van der Waals surface area contributed by atoms with Crippen molar-refractivity contribution >= 4 is 47.2 Å². The van der Waals surface area contributed by atoms with Gasteiger partial charge in [-0.05, 0) is 68.3 Å². The second kappa shape index (κ2) is 9.23. The Hall–Kier alpha value is -4.17. The zero-order valence-corrected chi connectivity index (χ0v) is 20.3. The molecule has 8 nitrogen and oxygen atoms in total. The molecular formula is C26H22ClN3O5. The number of methoxy groups -OCH3 is 1. The highest BCUT2D eigenvalue weighted by Gasteiger charge is 2.37. The van der Waals surface area contributed by atoms with Crippen LogP contribution in [-0.4, -0.2) is 35.5 Å². The van der Waals surface area contributed by atoms with Gasteiger partial charge in [0.15, 0.2) is 0 Å². The third-order valence-corrected chi connectivity index (χ3v) is 6.24. The molecule has 2 aromatic carbocycles. The average molecular weight is 492 g/mol. The molecule has 9 heteroatoms. The summed E-state index contributed by atoms with van der Waals surface area (Å²) in [5, 5.41) is 2.60. The fourth-order valence-corrected chi connectivity index (χ4v) is 4.20. The highest BCUT2D eigenvalue weighted by molar-refractivity contribution is 6.39. The highest BCUT2D eigenvalue weighted by Crippen LogP contribution is 2.29. The molecule has 3 aromatic rings. The van der Waals surface area contributed by atoms with E-state index in [0.29, 0.717) is 27.5 Å². The minimum atomic E-state index is -0.852. The number of hydrogen-bond acceptors (Lipinski definition) is 5. The first kappa shape index (κ1) is 24.0. The van der Waals surface area contributed by atoms with Gasteiger partial charge in [-0.1, -0.05) is 29.8 Å². The Labute approximate surface area is 206 Å². The SMILES string of the molecule is COC(=O)c1ccccc1-n1c(C)cc(C=C2C(=O)NC(=O)N(c3ccc(C)c(Cl)c3)C2=O)c1C. The smallest absolute Gasteiger partial charge is 0.339 e. The Kier molecular flexibility index (Phi) is 6.32. The van der Waals surface area contributed by atoms with Crippen molar-refractivity contribution in [2.45, 2.75) is 20.8 Å². The number of ether oxygens (including phenoxy) is 1. The van der Waals surface area contributed by atoms with Gasteiger partial charge in [0.05, 0.1) is 24.0 Å². The lowest BCUT2D eigenvalue weighted by atomic mass is 10.1. The Morgan fingerprint density at radius 2 is 1.74 bits per heavy atom. The van der Waals surface area contributed by atoms with Crippen molar-refractivity contribution in [3.8, 4) is 5.69 Å². The van der Waals surface area contributed by atoms with Crippen LogP contribution in [0.1, 0.15) is 32.9 Å². The first-order valence-corrected chi connectivity index (χ1v) is 11.1. The second-order valence-corrected chi connectivity index (χ2v) is 8.47. The lowest BCUT2D eigenvalue weighted by molar-refractivity contribution is -0.122. The summed E-state index contributed by atoms with van der Waals surface area (Å²) in [7, 11) is 1.31. The summed E-state index contributed by atoms with van der Waals surface area (Å²) in [5.41, 5.74) is 3.84. The summed E-state index contributed by atoms with van der Waals surface area (Å²) in [6.45, 7) is 5.45. The van der Waals surface area contributed by atoms with E-state index >= 15 is 0 Å². The maximum Gasteiger partial charge on any atom is 0.339 e. The maximum absolute atomic E-state index is 13.3. The van der Waals surface area contributed by atoms with Crippen LogP contribution in [0.3, 0.4) is 0 Å². The molecule has 1 N–H and O–H groups in total. The Morgan fingerprint density at radius 1 is 1.03 bits per heavy atom. The number of para-hydroxylation sites is 1. The number of anilines is 1. The molecule has 0 unspecified atom stereocenters. The molecule has 1 fully saturated rings. The van der Waals surface area contributed by atoms with E-state index < -0.39 is 23.8 Å². The van der Waals surface area contributed by atoms with Crippen molar-refractivity contribution in [2.75, 3.05) is 12.0 Å². The molecule has 4 rings (SSSR count). The number of rotatable bonds is 4. The summed E-state index contributed by atoms with van der Waals surface area (Å²) in [6, 6.07) is 12.7. The monoisotopic (exact) mass is 491 g/mol. The van der Waals surface area contributed by atoms with E-state index in [0.717, 1.165) is 16.2 Å². The maximum atomic E-state index is 13.3. The van der Waals surface area contributed by atoms with Gasteiger partial charge in [0.25, 0.3) is 11.8 Å². The Balaban J connectivity index is 1.79. The van der Waals surface area contributed by atoms with Crippen LogP contribution < -0.4 is 10.2 Å². The minimum Gasteiger partial charge on any atom is -0.465 e. The van der Waals surface area contributed by atoms with E-state index in [9.17, 15) is 19.2 Å². The lowest BCUT2D eigenvalue weighted by Crippen LogP contribution is -2.54. The molecular weight excluding hydrogens is 470 g/mol. The number of nitrogens with zero attached hydrogens (tertiary/aromatic N) is 2. The number of aryl methyl sites for hydroxylation is 2. The summed E-state index contributed by atoms with van der Waals surface area (Å²) in [6.07, 6.45) is 1.44. The quantitative estimate of drug-likeness (QED) is 0.329.